The number of hydrogen-bond donors (Lipinski definition) is 2. The molecule has 1 aromatic carbocycles. The number of nitrogens with zero attached hydrogens (tertiary/aromatic N) is 2. The number of phenolic OH excluding ortho intramolecular Hbond substituents is 1. The molecule has 0 radical (unpaired) electrons. The number of rotatable bonds is 3. The fourth-order valence-electron chi connectivity index (χ4n) is 1.39. The first-order chi connectivity index (χ1) is 9.10. The van der Waals surface area contributed by atoms with Crippen LogP contribution in [-0.4, -0.2) is 28.1 Å². The average Bonchev–Trinajstić information content (AvgIpc) is 2.39. The average molecular weight is 280 g/mol. The van der Waals surface area contributed by atoms with Crippen molar-refractivity contribution in [1.82, 2.24) is 9.97 Å². The van der Waals surface area contributed by atoms with E-state index >= 15 is 0 Å². The summed E-state index contributed by atoms with van der Waals surface area (Å²) in [6, 6.07) is 4.51. The third kappa shape index (κ3) is 3.11. The lowest BCUT2D eigenvalue weighted by atomic mass is 10.2. The number of carbonyl (C=O) groups is 1. The number of methoxy groups -OCH3 is 1. The van der Waals surface area contributed by atoms with Crippen LogP contribution in [0.2, 0.25) is 5.15 Å². The van der Waals surface area contributed by atoms with E-state index in [2.05, 4.69) is 15.3 Å². The molecule has 0 bridgehead atoms. The Hall–Kier alpha value is -2.34. The molecule has 0 fully saturated rings. The smallest absolute Gasteiger partial charge is 0.275 e. The van der Waals surface area contributed by atoms with Gasteiger partial charge in [-0.05, 0) is 12.1 Å². The van der Waals surface area contributed by atoms with Crippen LogP contribution in [0.4, 0.5) is 5.69 Å². The van der Waals surface area contributed by atoms with Crippen LogP contribution in [0.1, 0.15) is 10.5 Å². The van der Waals surface area contributed by atoms with Crippen molar-refractivity contribution in [3.8, 4) is 11.5 Å². The maximum atomic E-state index is 11.8. The summed E-state index contributed by atoms with van der Waals surface area (Å²) in [7, 11) is 1.44. The lowest BCUT2D eigenvalue weighted by Gasteiger charge is -2.07. The van der Waals surface area contributed by atoms with Crippen molar-refractivity contribution in [2.75, 3.05) is 12.4 Å². The molecule has 6 nitrogen and oxygen atoms in total. The minimum absolute atomic E-state index is 0.0671. The molecule has 0 aliphatic rings. The van der Waals surface area contributed by atoms with E-state index < -0.39 is 5.91 Å². The van der Waals surface area contributed by atoms with Crippen molar-refractivity contribution in [3.63, 3.8) is 0 Å². The van der Waals surface area contributed by atoms with E-state index in [0.717, 1.165) is 0 Å². The van der Waals surface area contributed by atoms with Gasteiger partial charge in [-0.25, -0.2) is 9.97 Å². The number of carbonyl (C=O) groups excluding carboxylic acids is 1. The number of amides is 1. The van der Waals surface area contributed by atoms with E-state index in [4.69, 9.17) is 16.3 Å². The van der Waals surface area contributed by atoms with E-state index in [-0.39, 0.29) is 16.6 Å². The number of hydrogen-bond acceptors (Lipinski definition) is 5. The second-order valence-electron chi connectivity index (χ2n) is 3.57. The summed E-state index contributed by atoms with van der Waals surface area (Å²) in [5.74, 6) is -0.194. The van der Waals surface area contributed by atoms with Gasteiger partial charge >= 0.3 is 0 Å². The predicted molar refractivity (Wildman–Crippen MR) is 69.7 cm³/mol. The van der Waals surface area contributed by atoms with Crippen molar-refractivity contribution < 1.29 is 14.6 Å². The Morgan fingerprint density at radius 1 is 1.37 bits per heavy atom. The van der Waals surface area contributed by atoms with Crippen LogP contribution in [0, 0.1) is 0 Å². The summed E-state index contributed by atoms with van der Waals surface area (Å²) in [6.07, 6.45) is 2.54. The van der Waals surface area contributed by atoms with Crippen LogP contribution in [-0.2, 0) is 0 Å². The molecule has 0 unspecified atom stereocenters. The third-order valence-electron chi connectivity index (χ3n) is 2.29. The van der Waals surface area contributed by atoms with Crippen LogP contribution < -0.4 is 10.1 Å². The highest BCUT2D eigenvalue weighted by Crippen LogP contribution is 2.28. The van der Waals surface area contributed by atoms with Crippen LogP contribution in [0.5, 0.6) is 11.5 Å². The number of anilines is 1. The summed E-state index contributed by atoms with van der Waals surface area (Å²) in [5, 5.41) is 12.4. The summed E-state index contributed by atoms with van der Waals surface area (Å²) in [5.41, 5.74) is 0.541. The summed E-state index contributed by atoms with van der Waals surface area (Å²) >= 11 is 5.58. The van der Waals surface area contributed by atoms with Crippen molar-refractivity contribution in [1.29, 1.82) is 0 Å². The predicted octanol–water partition coefficient (Wildman–Crippen LogP) is 2.10. The zero-order valence-corrected chi connectivity index (χ0v) is 10.7. The maximum Gasteiger partial charge on any atom is 0.275 e. The standard InChI is InChI=1S/C12H10ClN3O3/c1-19-10-3-2-7(4-9(10)17)16-12(18)8-5-15-11(13)6-14-8/h2-6,17H,1H3,(H,16,18). The van der Waals surface area contributed by atoms with Gasteiger partial charge in [-0.15, -0.1) is 0 Å². The molecule has 2 aromatic rings. The largest absolute Gasteiger partial charge is 0.504 e. The highest BCUT2D eigenvalue weighted by Gasteiger charge is 2.10. The number of aromatic nitrogens is 2. The first kappa shape index (κ1) is 13.1. The van der Waals surface area contributed by atoms with Gasteiger partial charge in [0.15, 0.2) is 11.5 Å². The molecule has 1 aromatic heterocycles. The second-order valence-corrected chi connectivity index (χ2v) is 3.95. The van der Waals surface area contributed by atoms with Gasteiger partial charge in [-0.2, -0.15) is 0 Å². The minimum Gasteiger partial charge on any atom is -0.504 e. The molecule has 98 valence electrons. The van der Waals surface area contributed by atoms with E-state index in [1.807, 2.05) is 0 Å². The number of benzene rings is 1. The Balaban J connectivity index is 2.14. The quantitative estimate of drug-likeness (QED) is 0.899. The molecule has 0 saturated heterocycles. The van der Waals surface area contributed by atoms with Crippen LogP contribution in [0.15, 0.2) is 30.6 Å². The van der Waals surface area contributed by atoms with Gasteiger partial charge in [0.2, 0.25) is 0 Å². The van der Waals surface area contributed by atoms with Gasteiger partial charge in [0.05, 0.1) is 19.5 Å². The van der Waals surface area contributed by atoms with Gasteiger partial charge in [0.1, 0.15) is 10.8 Å². The molecule has 2 rings (SSSR count). The third-order valence-corrected chi connectivity index (χ3v) is 2.48. The lowest BCUT2D eigenvalue weighted by Crippen LogP contribution is -2.13. The van der Waals surface area contributed by atoms with E-state index in [1.54, 1.807) is 12.1 Å². The molecule has 1 heterocycles. The second kappa shape index (κ2) is 5.53. The Labute approximate surface area is 114 Å². The van der Waals surface area contributed by atoms with E-state index in [1.165, 1.54) is 25.6 Å². The molecule has 1 amide bonds. The van der Waals surface area contributed by atoms with E-state index in [0.29, 0.717) is 11.4 Å². The van der Waals surface area contributed by atoms with Crippen molar-refractivity contribution >= 4 is 23.2 Å². The number of halogens is 1. The zero-order valence-electron chi connectivity index (χ0n) is 9.92. The van der Waals surface area contributed by atoms with Gasteiger partial charge in [0.25, 0.3) is 5.91 Å². The number of ether oxygens (including phenoxy) is 1. The summed E-state index contributed by atoms with van der Waals surface area (Å²) in [4.78, 5) is 19.4. The van der Waals surface area contributed by atoms with Crippen molar-refractivity contribution in [2.24, 2.45) is 0 Å². The van der Waals surface area contributed by atoms with Crippen LogP contribution >= 0.6 is 11.6 Å². The van der Waals surface area contributed by atoms with Gasteiger partial charge in [0, 0.05) is 11.8 Å². The fraction of sp³-hybridized carbons (Fsp3) is 0.0833. The monoisotopic (exact) mass is 279 g/mol. The van der Waals surface area contributed by atoms with E-state index in [9.17, 15) is 9.90 Å². The topological polar surface area (TPSA) is 84.3 Å². The fourth-order valence-corrected chi connectivity index (χ4v) is 1.49. The molecular weight excluding hydrogens is 270 g/mol. The number of nitrogens with one attached hydrogen (secondary N) is 1. The summed E-state index contributed by atoms with van der Waals surface area (Å²) < 4.78 is 4.90. The molecule has 0 aliphatic heterocycles. The first-order valence-corrected chi connectivity index (χ1v) is 5.64. The van der Waals surface area contributed by atoms with Gasteiger partial charge < -0.3 is 15.2 Å². The maximum absolute atomic E-state index is 11.8. The van der Waals surface area contributed by atoms with Crippen LogP contribution in [0.25, 0.3) is 0 Å². The Morgan fingerprint density at radius 2 is 2.16 bits per heavy atom. The Bertz CT molecular complexity index is 602. The molecule has 0 saturated carbocycles. The molecule has 7 heteroatoms. The molecule has 19 heavy (non-hydrogen) atoms. The Morgan fingerprint density at radius 3 is 2.74 bits per heavy atom. The lowest BCUT2D eigenvalue weighted by molar-refractivity contribution is 0.102. The first-order valence-electron chi connectivity index (χ1n) is 5.26. The highest BCUT2D eigenvalue weighted by molar-refractivity contribution is 6.29. The number of phenols is 1. The Kier molecular flexibility index (Phi) is 3.82. The molecule has 0 spiro atoms. The zero-order chi connectivity index (χ0) is 13.8. The molecule has 0 atom stereocenters. The normalized spacial score (nSPS) is 10.0. The molecule has 2 N–H and O–H groups in total. The molecule has 0 aliphatic carbocycles. The minimum atomic E-state index is -0.450. The SMILES string of the molecule is COc1ccc(NC(=O)c2cnc(Cl)cn2)cc1O. The van der Waals surface area contributed by atoms with Crippen molar-refractivity contribution in [3.05, 3.63) is 41.4 Å². The van der Waals surface area contributed by atoms with Gasteiger partial charge in [-0.1, -0.05) is 11.6 Å². The van der Waals surface area contributed by atoms with Gasteiger partial charge in [-0.3, -0.25) is 4.79 Å². The molecular formula is C12H10ClN3O3. The highest BCUT2D eigenvalue weighted by atomic mass is 35.5. The van der Waals surface area contributed by atoms with Crippen LogP contribution in [0.3, 0.4) is 0 Å². The van der Waals surface area contributed by atoms with Crippen molar-refractivity contribution in [2.45, 2.75) is 0 Å². The summed E-state index contributed by atoms with van der Waals surface area (Å²) in [6.45, 7) is 0. The number of aromatic hydroxyl groups is 1.